The monoisotopic (exact) mass is 375 g/mol. The fourth-order valence-corrected chi connectivity index (χ4v) is 3.42. The van der Waals surface area contributed by atoms with Gasteiger partial charge in [0.2, 0.25) is 5.91 Å². The van der Waals surface area contributed by atoms with E-state index in [2.05, 4.69) is 9.47 Å². The number of rotatable bonds is 5. The first-order chi connectivity index (χ1) is 12.6. The van der Waals surface area contributed by atoms with Crippen LogP contribution >= 0.6 is 0 Å². The lowest BCUT2D eigenvalue weighted by molar-refractivity contribution is -0.286. The second-order valence-corrected chi connectivity index (χ2v) is 7.41. The Hall–Kier alpha value is -2.63. The van der Waals surface area contributed by atoms with Gasteiger partial charge in [-0.05, 0) is 51.8 Å². The highest BCUT2D eigenvalue weighted by atomic mass is 19.3. The first-order valence-corrected chi connectivity index (χ1v) is 8.92. The molecule has 1 aliphatic heterocycles. The zero-order valence-electron chi connectivity index (χ0n) is 15.8. The van der Waals surface area contributed by atoms with Crippen molar-refractivity contribution < 1.29 is 23.0 Å². The molecule has 0 unspecified atom stereocenters. The number of carbonyl (C=O) groups excluding carboxylic acids is 1. The molecule has 1 amide bonds. The number of hydrogen-bond donors (Lipinski definition) is 1. The average molecular weight is 375 g/mol. The van der Waals surface area contributed by atoms with Gasteiger partial charge in [-0.2, -0.15) is 0 Å². The number of amides is 1. The molecule has 0 fully saturated rings. The summed E-state index contributed by atoms with van der Waals surface area (Å²) in [5.41, 5.74) is 10.1. The summed E-state index contributed by atoms with van der Waals surface area (Å²) >= 11 is 0. The van der Waals surface area contributed by atoms with Crippen LogP contribution in [0.2, 0.25) is 0 Å². The number of carbonyl (C=O) groups is 1. The summed E-state index contributed by atoms with van der Waals surface area (Å²) in [6.07, 6.45) is -3.47. The Bertz CT molecular complexity index is 862. The average Bonchev–Trinajstić information content (AvgIpc) is 2.86. The van der Waals surface area contributed by atoms with Crippen LogP contribution in [-0.4, -0.2) is 12.2 Å². The lowest BCUT2D eigenvalue weighted by atomic mass is 9.84. The molecule has 0 aromatic heterocycles. The SMILES string of the molecule is CC(C)c1cc(-c2ccc3c(c2)OC(F)(F)O3)cc(C(C)C)c1CC(N)=O. The molecule has 2 N–H and O–H groups in total. The molecule has 1 aliphatic rings. The van der Waals surface area contributed by atoms with Gasteiger partial charge in [0.1, 0.15) is 0 Å². The van der Waals surface area contributed by atoms with E-state index in [0.717, 1.165) is 27.8 Å². The number of ether oxygens (including phenoxy) is 2. The number of nitrogens with two attached hydrogens (primary N) is 1. The topological polar surface area (TPSA) is 61.6 Å². The normalized spacial score (nSPS) is 14.8. The minimum atomic E-state index is -3.64. The fourth-order valence-electron chi connectivity index (χ4n) is 3.42. The van der Waals surface area contributed by atoms with Gasteiger partial charge in [0.25, 0.3) is 0 Å². The first-order valence-electron chi connectivity index (χ1n) is 8.92. The van der Waals surface area contributed by atoms with E-state index >= 15 is 0 Å². The third-order valence-corrected chi connectivity index (χ3v) is 4.65. The minimum absolute atomic E-state index is 0.0101. The Labute approximate surface area is 157 Å². The van der Waals surface area contributed by atoms with Gasteiger partial charge < -0.3 is 15.2 Å². The lowest BCUT2D eigenvalue weighted by Gasteiger charge is -2.21. The predicted octanol–water partition coefficient (Wildman–Crippen LogP) is 4.95. The van der Waals surface area contributed by atoms with E-state index in [9.17, 15) is 13.6 Å². The van der Waals surface area contributed by atoms with Crippen molar-refractivity contribution in [1.82, 2.24) is 0 Å². The maximum atomic E-state index is 13.3. The lowest BCUT2D eigenvalue weighted by Crippen LogP contribution is -2.25. The van der Waals surface area contributed by atoms with Crippen LogP contribution in [-0.2, 0) is 11.2 Å². The number of alkyl halides is 2. The Morgan fingerprint density at radius 1 is 0.963 bits per heavy atom. The molecule has 0 atom stereocenters. The Kier molecular flexibility index (Phi) is 4.84. The van der Waals surface area contributed by atoms with E-state index in [1.54, 1.807) is 12.1 Å². The standard InChI is InChI=1S/C21H23F2NO3/c1-11(2)15-7-14(8-16(12(3)4)17(15)10-20(24)25)13-5-6-18-19(9-13)27-21(22,23)26-18/h5-9,11-12H,10H2,1-4H3,(H2,24,25). The summed E-state index contributed by atoms with van der Waals surface area (Å²) in [5.74, 6) is 0.000296. The molecule has 1 heterocycles. The van der Waals surface area contributed by atoms with E-state index in [-0.39, 0.29) is 35.7 Å². The van der Waals surface area contributed by atoms with Crippen molar-refractivity contribution in [2.45, 2.75) is 52.2 Å². The van der Waals surface area contributed by atoms with Gasteiger partial charge in [-0.25, -0.2) is 0 Å². The first kappa shape index (κ1) is 19.1. The van der Waals surface area contributed by atoms with E-state index in [0.29, 0.717) is 0 Å². The molecular formula is C21H23F2NO3. The van der Waals surface area contributed by atoms with Crippen LogP contribution in [0.25, 0.3) is 11.1 Å². The van der Waals surface area contributed by atoms with Crippen LogP contribution in [0, 0.1) is 0 Å². The third-order valence-electron chi connectivity index (χ3n) is 4.65. The second-order valence-electron chi connectivity index (χ2n) is 7.41. The molecule has 0 spiro atoms. The van der Waals surface area contributed by atoms with E-state index in [1.807, 2.05) is 39.8 Å². The number of halogens is 2. The van der Waals surface area contributed by atoms with Crippen molar-refractivity contribution >= 4 is 5.91 Å². The molecule has 4 nitrogen and oxygen atoms in total. The molecule has 3 rings (SSSR count). The maximum absolute atomic E-state index is 13.3. The summed E-state index contributed by atoms with van der Waals surface area (Å²) in [6, 6.07) is 8.73. The maximum Gasteiger partial charge on any atom is 0.586 e. The largest absolute Gasteiger partial charge is 0.586 e. The third kappa shape index (κ3) is 3.89. The van der Waals surface area contributed by atoms with Gasteiger partial charge in [0, 0.05) is 0 Å². The molecule has 144 valence electrons. The Morgan fingerprint density at radius 2 is 1.52 bits per heavy atom. The van der Waals surface area contributed by atoms with Crippen LogP contribution in [0.1, 0.15) is 56.2 Å². The summed E-state index contributed by atoms with van der Waals surface area (Å²) in [7, 11) is 0. The van der Waals surface area contributed by atoms with Crippen LogP contribution in [0.3, 0.4) is 0 Å². The quantitative estimate of drug-likeness (QED) is 0.804. The fraction of sp³-hybridized carbons (Fsp3) is 0.381. The molecule has 2 aromatic rings. The second kappa shape index (κ2) is 6.83. The van der Waals surface area contributed by atoms with Gasteiger partial charge in [-0.3, -0.25) is 4.79 Å². The van der Waals surface area contributed by atoms with Gasteiger partial charge in [-0.15, -0.1) is 8.78 Å². The minimum Gasteiger partial charge on any atom is -0.395 e. The van der Waals surface area contributed by atoms with E-state index in [4.69, 9.17) is 5.73 Å². The van der Waals surface area contributed by atoms with E-state index < -0.39 is 6.29 Å². The smallest absolute Gasteiger partial charge is 0.395 e. The van der Waals surface area contributed by atoms with E-state index in [1.165, 1.54) is 6.07 Å². The van der Waals surface area contributed by atoms with Crippen LogP contribution in [0.4, 0.5) is 8.78 Å². The highest BCUT2D eigenvalue weighted by molar-refractivity contribution is 5.79. The number of primary amides is 1. The molecule has 0 saturated carbocycles. The van der Waals surface area contributed by atoms with Gasteiger partial charge in [0.15, 0.2) is 11.5 Å². The number of fused-ring (bicyclic) bond motifs is 1. The summed E-state index contributed by atoms with van der Waals surface area (Å²) in [5, 5.41) is 0. The number of hydrogen-bond acceptors (Lipinski definition) is 3. The molecule has 6 heteroatoms. The Balaban J connectivity index is 2.13. The van der Waals surface area contributed by atoms with Crippen molar-refractivity contribution in [3.63, 3.8) is 0 Å². The van der Waals surface area contributed by atoms with Crippen molar-refractivity contribution in [2.24, 2.45) is 5.73 Å². The van der Waals surface area contributed by atoms with Crippen LogP contribution < -0.4 is 15.2 Å². The summed E-state index contributed by atoms with van der Waals surface area (Å²) in [4.78, 5) is 11.6. The van der Waals surface area contributed by atoms with Crippen molar-refractivity contribution in [1.29, 1.82) is 0 Å². The Morgan fingerprint density at radius 3 is 2.04 bits per heavy atom. The van der Waals surface area contributed by atoms with Gasteiger partial charge >= 0.3 is 6.29 Å². The zero-order chi connectivity index (χ0) is 19.9. The molecule has 0 radical (unpaired) electrons. The van der Waals surface area contributed by atoms with Crippen molar-refractivity contribution in [3.05, 3.63) is 47.0 Å². The predicted molar refractivity (Wildman–Crippen MR) is 99.2 cm³/mol. The molecule has 0 saturated heterocycles. The molecular weight excluding hydrogens is 352 g/mol. The molecule has 0 aliphatic carbocycles. The summed E-state index contributed by atoms with van der Waals surface area (Å²) in [6.45, 7) is 8.20. The summed E-state index contributed by atoms with van der Waals surface area (Å²) < 4.78 is 35.6. The molecule has 2 aromatic carbocycles. The molecule has 0 bridgehead atoms. The molecule has 27 heavy (non-hydrogen) atoms. The number of benzene rings is 2. The van der Waals surface area contributed by atoms with Gasteiger partial charge in [0.05, 0.1) is 6.42 Å². The van der Waals surface area contributed by atoms with Crippen molar-refractivity contribution in [3.8, 4) is 22.6 Å². The van der Waals surface area contributed by atoms with Crippen LogP contribution in [0.15, 0.2) is 30.3 Å². The van der Waals surface area contributed by atoms with Crippen molar-refractivity contribution in [2.75, 3.05) is 0 Å². The highest BCUT2D eigenvalue weighted by Gasteiger charge is 2.43. The van der Waals surface area contributed by atoms with Gasteiger partial charge in [-0.1, -0.05) is 45.9 Å². The van der Waals surface area contributed by atoms with Crippen LogP contribution in [0.5, 0.6) is 11.5 Å². The zero-order valence-corrected chi connectivity index (χ0v) is 15.8. The highest BCUT2D eigenvalue weighted by Crippen LogP contribution is 2.43.